The van der Waals surface area contributed by atoms with Crippen LogP contribution in [0.5, 0.6) is 5.75 Å². The monoisotopic (exact) mass is 513 g/mol. The number of hydrogen-bond acceptors (Lipinski definition) is 5. The van der Waals surface area contributed by atoms with Gasteiger partial charge < -0.3 is 9.94 Å². The third kappa shape index (κ3) is 4.65. The summed E-state index contributed by atoms with van der Waals surface area (Å²) in [4.78, 5) is 8.43. The van der Waals surface area contributed by atoms with Crippen molar-refractivity contribution in [2.24, 2.45) is 0 Å². The van der Waals surface area contributed by atoms with E-state index in [0.29, 0.717) is 21.7 Å². The first-order valence-electron chi connectivity index (χ1n) is 10.8. The predicted molar refractivity (Wildman–Crippen MR) is 121 cm³/mol. The third-order valence-corrected chi connectivity index (χ3v) is 5.64. The molecule has 2 aliphatic rings. The molecule has 0 aliphatic carbocycles. The van der Waals surface area contributed by atoms with Crippen molar-refractivity contribution in [1.29, 1.82) is 0 Å². The molecule has 37 heavy (non-hydrogen) atoms. The number of nitrogens with zero attached hydrogens (tertiary/aromatic N) is 5. The molecule has 0 saturated carbocycles. The highest BCUT2D eigenvalue weighted by Crippen LogP contribution is 2.38. The second kappa shape index (κ2) is 9.12. The quantitative estimate of drug-likeness (QED) is 0.186. The van der Waals surface area contributed by atoms with Crippen molar-refractivity contribution >= 4 is 0 Å². The highest BCUT2D eigenvalue weighted by molar-refractivity contribution is 5.66. The van der Waals surface area contributed by atoms with E-state index < -0.39 is 23.4 Å². The van der Waals surface area contributed by atoms with Crippen LogP contribution in [0.15, 0.2) is 67.1 Å². The first-order chi connectivity index (χ1) is 17.6. The topological polar surface area (TPSA) is 79.8 Å². The molecule has 3 heterocycles. The van der Waals surface area contributed by atoms with Crippen LogP contribution in [-0.4, -0.2) is 26.9 Å². The summed E-state index contributed by atoms with van der Waals surface area (Å²) in [6.07, 6.45) is -0.644. The summed E-state index contributed by atoms with van der Waals surface area (Å²) in [7, 11) is 1.25. The molecule has 0 radical (unpaired) electrons. The molecule has 0 N–H and O–H groups in total. The van der Waals surface area contributed by atoms with Crippen molar-refractivity contribution in [3.05, 3.63) is 95.1 Å². The van der Waals surface area contributed by atoms with Crippen LogP contribution < -0.4 is 9.47 Å². The number of halogens is 5. The number of pyridine rings is 1. The van der Waals surface area contributed by atoms with E-state index in [0.717, 1.165) is 18.3 Å². The molecule has 0 atom stereocenters. The van der Waals surface area contributed by atoms with Gasteiger partial charge in [0.05, 0.1) is 42.7 Å². The molecule has 0 spiro atoms. The highest BCUT2D eigenvalue weighted by atomic mass is 19.4. The van der Waals surface area contributed by atoms with Gasteiger partial charge in [0.25, 0.3) is 0 Å². The first-order valence-corrected chi connectivity index (χ1v) is 10.8. The standard InChI is InChI=1S/C25H16F5N5O2/c1-37-15-6-7-16(18(9-15)25(28,29)30)22-8-5-14(12-35(22)36)11-34-13-21-20(10-31-34)32-24(33-21)17-3-2-4-19(26)23(17)27/h2-10,12-13H,11H2,1H3. The molecule has 2 aromatic carbocycles. The number of imidazole rings is 1. The van der Waals surface area contributed by atoms with E-state index in [-0.39, 0.29) is 34.9 Å². The largest absolute Gasteiger partial charge is 0.618 e. The average Bonchev–Trinajstić information content (AvgIpc) is 3.28. The molecule has 188 valence electrons. The predicted octanol–water partition coefficient (Wildman–Crippen LogP) is 5.10. The molecule has 0 fully saturated rings. The van der Waals surface area contributed by atoms with Gasteiger partial charge in [-0.2, -0.15) is 23.0 Å². The van der Waals surface area contributed by atoms with Gasteiger partial charge in [0, 0.05) is 11.6 Å². The summed E-state index contributed by atoms with van der Waals surface area (Å²) < 4.78 is 75.2. The van der Waals surface area contributed by atoms with Crippen LogP contribution >= 0.6 is 0 Å². The lowest BCUT2D eigenvalue weighted by molar-refractivity contribution is -0.594. The zero-order valence-corrected chi connectivity index (χ0v) is 19.0. The minimum Gasteiger partial charge on any atom is -0.618 e. The minimum absolute atomic E-state index is 0.00624. The number of methoxy groups -OCH3 is 1. The molecule has 0 saturated heterocycles. The van der Waals surface area contributed by atoms with E-state index in [1.165, 1.54) is 60.6 Å². The first kappa shape index (κ1) is 24.1. The van der Waals surface area contributed by atoms with Crippen molar-refractivity contribution < 1.29 is 31.4 Å². The number of ether oxygens (including phenoxy) is 1. The maximum absolute atomic E-state index is 14.1. The van der Waals surface area contributed by atoms with E-state index in [1.54, 1.807) is 0 Å². The Kier molecular flexibility index (Phi) is 5.94. The maximum atomic E-state index is 14.1. The smallest absolute Gasteiger partial charge is 0.417 e. The number of alkyl halides is 3. The van der Waals surface area contributed by atoms with Crippen molar-refractivity contribution in [1.82, 2.24) is 19.7 Å². The normalized spacial score (nSPS) is 11.7. The number of benzene rings is 2. The van der Waals surface area contributed by atoms with Crippen LogP contribution in [-0.2, 0) is 12.7 Å². The Hall–Kier alpha value is -4.61. The molecule has 0 bridgehead atoms. The van der Waals surface area contributed by atoms with Crippen LogP contribution in [0.1, 0.15) is 11.1 Å². The van der Waals surface area contributed by atoms with Crippen molar-refractivity contribution in [3.63, 3.8) is 0 Å². The van der Waals surface area contributed by atoms with Crippen LogP contribution in [0.4, 0.5) is 22.0 Å². The zero-order valence-electron chi connectivity index (χ0n) is 19.0. The Labute approximate surface area is 206 Å². The van der Waals surface area contributed by atoms with Crippen molar-refractivity contribution in [2.45, 2.75) is 12.7 Å². The Morgan fingerprint density at radius 1 is 1.00 bits per heavy atom. The SMILES string of the molecule is COc1ccc(-c2ccc(Cn3cc4nc(-c5cccc(F)c5F)nc-4cn3)c[n+]2[O-])c(C(F)(F)F)c1. The van der Waals surface area contributed by atoms with E-state index in [1.807, 2.05) is 0 Å². The van der Waals surface area contributed by atoms with Crippen LogP contribution in [0.3, 0.4) is 0 Å². The average molecular weight is 513 g/mol. The zero-order chi connectivity index (χ0) is 26.3. The maximum Gasteiger partial charge on any atom is 0.417 e. The van der Waals surface area contributed by atoms with Gasteiger partial charge >= 0.3 is 6.18 Å². The van der Waals surface area contributed by atoms with E-state index >= 15 is 0 Å². The minimum atomic E-state index is -4.70. The Morgan fingerprint density at radius 2 is 1.78 bits per heavy atom. The van der Waals surface area contributed by atoms with Gasteiger partial charge in [-0.15, -0.1) is 0 Å². The van der Waals surface area contributed by atoms with Gasteiger partial charge in [0.1, 0.15) is 17.1 Å². The fraction of sp³-hybridized carbons (Fsp3) is 0.120. The molecular weight excluding hydrogens is 497 g/mol. The van der Waals surface area contributed by atoms with Gasteiger partial charge in [-0.1, -0.05) is 6.07 Å². The molecular formula is C25H16F5N5O2. The highest BCUT2D eigenvalue weighted by Gasteiger charge is 2.36. The van der Waals surface area contributed by atoms with Crippen molar-refractivity contribution in [2.75, 3.05) is 7.11 Å². The summed E-state index contributed by atoms with van der Waals surface area (Å²) in [6, 6.07) is 9.87. The van der Waals surface area contributed by atoms with Crippen molar-refractivity contribution in [3.8, 4) is 39.8 Å². The van der Waals surface area contributed by atoms with E-state index in [9.17, 15) is 27.2 Å². The molecule has 0 amide bonds. The van der Waals surface area contributed by atoms with Gasteiger partial charge in [0.15, 0.2) is 23.7 Å². The molecule has 0 unspecified atom stereocenters. The summed E-state index contributed by atoms with van der Waals surface area (Å²) in [5, 5.41) is 16.9. The van der Waals surface area contributed by atoms with Crippen LogP contribution in [0.25, 0.3) is 34.0 Å². The summed E-state index contributed by atoms with van der Waals surface area (Å²) >= 11 is 0. The number of rotatable bonds is 5. The Bertz CT molecular complexity index is 1580. The lowest BCUT2D eigenvalue weighted by Crippen LogP contribution is -2.30. The third-order valence-electron chi connectivity index (χ3n) is 5.64. The summed E-state index contributed by atoms with van der Waals surface area (Å²) in [5.74, 6) is -2.08. The fourth-order valence-corrected chi connectivity index (χ4v) is 3.86. The Balaban J connectivity index is 1.44. The number of hydrogen-bond donors (Lipinski definition) is 0. The van der Waals surface area contributed by atoms with Gasteiger partial charge in [-0.25, -0.2) is 18.7 Å². The van der Waals surface area contributed by atoms with Gasteiger partial charge in [0.2, 0.25) is 5.69 Å². The lowest BCUT2D eigenvalue weighted by atomic mass is 10.0. The molecule has 3 aromatic rings. The summed E-state index contributed by atoms with van der Waals surface area (Å²) in [6.45, 7) is 0.0870. The van der Waals surface area contributed by atoms with Crippen LogP contribution in [0.2, 0.25) is 0 Å². The van der Waals surface area contributed by atoms with E-state index in [4.69, 9.17) is 4.74 Å². The van der Waals surface area contributed by atoms with Gasteiger partial charge in [-0.05, 0) is 36.4 Å². The molecule has 5 rings (SSSR count). The number of aromatic nitrogens is 5. The van der Waals surface area contributed by atoms with Gasteiger partial charge in [-0.3, -0.25) is 4.68 Å². The molecule has 12 heteroatoms. The molecule has 2 aliphatic heterocycles. The molecule has 7 nitrogen and oxygen atoms in total. The van der Waals surface area contributed by atoms with E-state index in [2.05, 4.69) is 15.1 Å². The Morgan fingerprint density at radius 3 is 2.51 bits per heavy atom. The second-order valence-electron chi connectivity index (χ2n) is 8.05. The molecule has 1 aromatic heterocycles. The number of fused-ring (bicyclic) bond motifs is 1. The summed E-state index contributed by atoms with van der Waals surface area (Å²) in [5.41, 5.74) is -0.402. The lowest BCUT2D eigenvalue weighted by Gasteiger charge is -2.14. The van der Waals surface area contributed by atoms with Crippen LogP contribution in [0, 0.1) is 16.8 Å². The second-order valence-corrected chi connectivity index (χ2v) is 8.05. The fourth-order valence-electron chi connectivity index (χ4n) is 3.86.